The highest BCUT2D eigenvalue weighted by molar-refractivity contribution is 5.93. The number of phenols is 1. The third-order valence-electron chi connectivity index (χ3n) is 11.1. The second kappa shape index (κ2) is 15.7. The number of aromatic amines is 1. The zero-order chi connectivity index (χ0) is 41.4. The fraction of sp³-hybridized carbons (Fsp3) is 0.279. The number of aromatic nitrogens is 2. The molecule has 3 aliphatic rings. The first kappa shape index (κ1) is 38.8. The molecule has 4 N–H and O–H groups in total. The van der Waals surface area contributed by atoms with Gasteiger partial charge in [-0.25, -0.2) is 4.79 Å². The van der Waals surface area contributed by atoms with Gasteiger partial charge in [-0.1, -0.05) is 60.7 Å². The molecule has 304 valence electrons. The van der Waals surface area contributed by atoms with E-state index in [0.717, 1.165) is 0 Å². The number of cyclic esters (lactones) is 1. The summed E-state index contributed by atoms with van der Waals surface area (Å²) in [6.07, 6.45) is 0.567. The van der Waals surface area contributed by atoms with Crippen molar-refractivity contribution in [1.82, 2.24) is 20.2 Å². The predicted octanol–water partition coefficient (Wildman–Crippen LogP) is 3.26. The van der Waals surface area contributed by atoms with Crippen LogP contribution in [0.2, 0.25) is 0 Å². The maximum Gasteiger partial charge on any atom is 0.328 e. The van der Waals surface area contributed by atoms with Crippen molar-refractivity contribution >= 4 is 17.8 Å². The number of carbonyl (C=O) groups is 3. The molecule has 1 aliphatic carbocycles. The van der Waals surface area contributed by atoms with Crippen LogP contribution in [0, 0.1) is 17.7 Å². The SMILES string of the molecule is COc1cc([C@@H]2c3cc4c(cc3[C@@H](NC(=O)C(Cc3ccccc3)(Cc3ccccc3)NC(=O)Cn3cc(F)c(=O)[nH]c3=O)[C@H]3COC(=O)[C@H]23)OCO4)cc(OC)c1O. The molecule has 8 rings (SSSR count). The number of H-pyrrole nitrogens is 1. The van der Waals surface area contributed by atoms with E-state index in [1.807, 2.05) is 41.4 Å². The van der Waals surface area contributed by atoms with Gasteiger partial charge in [0.2, 0.25) is 30.2 Å². The molecule has 0 unspecified atom stereocenters. The number of nitrogens with one attached hydrogen (secondary N) is 3. The van der Waals surface area contributed by atoms with Crippen LogP contribution in [0.1, 0.15) is 39.8 Å². The molecule has 2 aliphatic heterocycles. The highest BCUT2D eigenvalue weighted by Gasteiger charge is 2.54. The number of halogens is 1. The van der Waals surface area contributed by atoms with Crippen molar-refractivity contribution in [3.8, 4) is 28.7 Å². The first-order valence-electron chi connectivity index (χ1n) is 18.7. The molecule has 5 aromatic rings. The van der Waals surface area contributed by atoms with Gasteiger partial charge >= 0.3 is 11.7 Å². The molecule has 3 heterocycles. The van der Waals surface area contributed by atoms with Crippen LogP contribution >= 0.6 is 0 Å². The van der Waals surface area contributed by atoms with Crippen LogP contribution in [-0.2, 0) is 38.5 Å². The molecule has 59 heavy (non-hydrogen) atoms. The monoisotopic (exact) mass is 806 g/mol. The van der Waals surface area contributed by atoms with Crippen molar-refractivity contribution in [2.75, 3.05) is 27.6 Å². The van der Waals surface area contributed by atoms with Crippen molar-refractivity contribution in [1.29, 1.82) is 0 Å². The number of aromatic hydroxyl groups is 1. The van der Waals surface area contributed by atoms with Gasteiger partial charge in [-0.2, -0.15) is 4.39 Å². The highest BCUT2D eigenvalue weighted by Crippen LogP contribution is 2.55. The largest absolute Gasteiger partial charge is 0.502 e. The van der Waals surface area contributed by atoms with Gasteiger partial charge in [-0.15, -0.1) is 0 Å². The number of hydrogen-bond acceptors (Lipinski definition) is 11. The fourth-order valence-electron chi connectivity index (χ4n) is 8.44. The lowest BCUT2D eigenvalue weighted by Crippen LogP contribution is -2.63. The van der Waals surface area contributed by atoms with E-state index in [1.54, 1.807) is 48.5 Å². The number of carbonyl (C=O) groups excluding carboxylic acids is 3. The number of amides is 2. The Kier molecular flexibility index (Phi) is 10.3. The van der Waals surface area contributed by atoms with Gasteiger partial charge in [-0.3, -0.25) is 28.7 Å². The van der Waals surface area contributed by atoms with E-state index in [4.69, 9.17) is 23.7 Å². The average molecular weight is 807 g/mol. The van der Waals surface area contributed by atoms with Crippen LogP contribution in [-0.4, -0.2) is 65.6 Å². The smallest absolute Gasteiger partial charge is 0.328 e. The minimum Gasteiger partial charge on any atom is -0.502 e. The Morgan fingerprint density at radius 2 is 1.47 bits per heavy atom. The summed E-state index contributed by atoms with van der Waals surface area (Å²) in [5, 5.41) is 16.9. The lowest BCUT2D eigenvalue weighted by Gasteiger charge is -2.42. The number of phenolic OH excluding ortho intramolecular Hbond substituents is 1. The number of nitrogens with zero attached hydrogens (tertiary/aromatic N) is 1. The Balaban J connectivity index is 1.25. The van der Waals surface area contributed by atoms with Crippen molar-refractivity contribution in [2.24, 2.45) is 11.8 Å². The standard InChI is InChI=1S/C43H39FN4O11/c1-55-32-13-25(14-33(56-2)38(32)50)35-26-15-30-31(59-22-58-30)16-27(26)37(28-21-57-40(52)36(28)35)45-41(53)43(17-23-9-5-3-6-10-23,18-24-11-7-4-8-12-24)47-34(49)20-48-19-29(44)39(51)46-42(48)54/h3-16,19,28,35-37,50H,17-18,20-22H2,1-2H3,(H,45,53)(H,47,49)(H,46,51,54)/t28-,35+,36-,37+/m0/s1. The second-order valence-electron chi connectivity index (χ2n) is 14.7. The van der Waals surface area contributed by atoms with Crippen LogP contribution in [0.4, 0.5) is 4.39 Å². The van der Waals surface area contributed by atoms with E-state index in [1.165, 1.54) is 14.2 Å². The summed E-state index contributed by atoms with van der Waals surface area (Å²) in [6.45, 7) is -0.848. The minimum absolute atomic E-state index is 0.0326. The number of methoxy groups -OCH3 is 2. The lowest BCUT2D eigenvalue weighted by molar-refractivity contribution is -0.141. The second-order valence-corrected chi connectivity index (χ2v) is 14.7. The summed E-state index contributed by atoms with van der Waals surface area (Å²) in [6, 6.07) is 23.9. The molecular formula is C43H39FN4O11. The normalized spacial score (nSPS) is 18.9. The zero-order valence-corrected chi connectivity index (χ0v) is 31.9. The zero-order valence-electron chi connectivity index (χ0n) is 31.9. The van der Waals surface area contributed by atoms with Crippen LogP contribution in [0.15, 0.2) is 101 Å². The first-order valence-corrected chi connectivity index (χ1v) is 18.7. The van der Waals surface area contributed by atoms with Gasteiger partial charge in [0, 0.05) is 24.7 Å². The maximum atomic E-state index is 15.4. The lowest BCUT2D eigenvalue weighted by atomic mass is 9.65. The summed E-state index contributed by atoms with van der Waals surface area (Å²) < 4.78 is 43.3. The van der Waals surface area contributed by atoms with E-state index in [9.17, 15) is 28.7 Å². The number of rotatable bonds is 12. The van der Waals surface area contributed by atoms with Gasteiger partial charge in [0.1, 0.15) is 12.1 Å². The molecule has 4 atom stereocenters. The summed E-state index contributed by atoms with van der Waals surface area (Å²) in [5.41, 5.74) is -0.865. The number of fused-ring (bicyclic) bond motifs is 3. The van der Waals surface area contributed by atoms with Crippen LogP contribution in [0.5, 0.6) is 28.7 Å². The van der Waals surface area contributed by atoms with Crippen LogP contribution < -0.4 is 40.8 Å². The summed E-state index contributed by atoms with van der Waals surface area (Å²) in [5.74, 6) is -4.57. The van der Waals surface area contributed by atoms with Crippen molar-refractivity contribution < 1.29 is 47.6 Å². The van der Waals surface area contributed by atoms with Crippen molar-refractivity contribution in [3.63, 3.8) is 0 Å². The Bertz CT molecular complexity index is 2490. The predicted molar refractivity (Wildman–Crippen MR) is 207 cm³/mol. The molecule has 4 aromatic carbocycles. The number of esters is 1. The van der Waals surface area contributed by atoms with Gasteiger partial charge in [-0.05, 0) is 52.1 Å². The first-order chi connectivity index (χ1) is 28.5. The number of hydrogen-bond donors (Lipinski definition) is 4. The molecule has 1 saturated heterocycles. The molecular weight excluding hydrogens is 767 g/mol. The van der Waals surface area contributed by atoms with Crippen molar-refractivity contribution in [2.45, 2.75) is 36.9 Å². The van der Waals surface area contributed by atoms with Gasteiger partial charge in [0.05, 0.1) is 39.0 Å². The molecule has 1 fully saturated rings. The number of ether oxygens (including phenoxy) is 5. The number of benzene rings is 4. The summed E-state index contributed by atoms with van der Waals surface area (Å²) in [7, 11) is 2.80. The Morgan fingerprint density at radius 3 is 2.07 bits per heavy atom. The van der Waals surface area contributed by atoms with E-state index < -0.39 is 70.7 Å². The molecule has 1 aromatic heterocycles. The maximum absolute atomic E-state index is 15.4. The van der Waals surface area contributed by atoms with E-state index in [-0.39, 0.29) is 43.5 Å². The van der Waals surface area contributed by atoms with E-state index >= 15 is 4.79 Å². The van der Waals surface area contributed by atoms with Gasteiger partial charge in [0.25, 0.3) is 5.56 Å². The Labute approximate surface area is 335 Å². The Hall–Kier alpha value is -7.10. The third kappa shape index (κ3) is 7.33. The minimum atomic E-state index is -1.76. The molecule has 0 bridgehead atoms. The van der Waals surface area contributed by atoms with Crippen LogP contribution in [0.25, 0.3) is 0 Å². The molecule has 0 radical (unpaired) electrons. The molecule has 15 nitrogen and oxygen atoms in total. The van der Waals surface area contributed by atoms with Gasteiger partial charge < -0.3 is 39.4 Å². The molecule has 16 heteroatoms. The van der Waals surface area contributed by atoms with E-state index in [0.29, 0.717) is 50.1 Å². The van der Waals surface area contributed by atoms with Crippen molar-refractivity contribution in [3.05, 3.63) is 146 Å². The molecule has 2 amide bonds. The van der Waals surface area contributed by atoms with Gasteiger partial charge in [0.15, 0.2) is 23.0 Å². The van der Waals surface area contributed by atoms with E-state index in [2.05, 4.69) is 10.6 Å². The summed E-state index contributed by atoms with van der Waals surface area (Å²) in [4.78, 5) is 69.5. The quantitative estimate of drug-likeness (QED) is 0.135. The Morgan fingerprint density at radius 1 is 0.881 bits per heavy atom. The summed E-state index contributed by atoms with van der Waals surface area (Å²) >= 11 is 0. The molecule has 0 saturated carbocycles. The fourth-order valence-corrected chi connectivity index (χ4v) is 8.44. The third-order valence-corrected chi connectivity index (χ3v) is 11.1. The van der Waals surface area contributed by atoms with Crippen LogP contribution in [0.3, 0.4) is 0 Å². The topological polar surface area (TPSA) is 197 Å². The molecule has 0 spiro atoms. The highest BCUT2D eigenvalue weighted by atomic mass is 19.1. The average Bonchev–Trinajstić information content (AvgIpc) is 3.86.